The molecule has 0 aliphatic rings. The third-order valence-electron chi connectivity index (χ3n) is 1.46. The van der Waals surface area contributed by atoms with E-state index in [1.165, 1.54) is 0 Å². The minimum atomic E-state index is 0. The van der Waals surface area contributed by atoms with Gasteiger partial charge in [-0.1, -0.05) is 23.2 Å². The van der Waals surface area contributed by atoms with Crippen LogP contribution in [0.3, 0.4) is 0 Å². The van der Waals surface area contributed by atoms with E-state index >= 15 is 0 Å². The molecule has 0 atom stereocenters. The first-order valence-electron chi connectivity index (χ1n) is 3.82. The van der Waals surface area contributed by atoms with Gasteiger partial charge in [-0.2, -0.15) is 0 Å². The Labute approximate surface area is 99.1 Å². The summed E-state index contributed by atoms with van der Waals surface area (Å²) in [7, 11) is 0. The van der Waals surface area contributed by atoms with Crippen LogP contribution in [0.1, 0.15) is 12.5 Å². The van der Waals surface area contributed by atoms with Gasteiger partial charge in [0.2, 0.25) is 5.90 Å². The molecular formula is C9H10Cl3NO. The molecule has 5 heteroatoms. The van der Waals surface area contributed by atoms with Crippen LogP contribution >= 0.6 is 35.6 Å². The number of ether oxygens (including phenoxy) is 1. The molecule has 0 saturated carbocycles. The summed E-state index contributed by atoms with van der Waals surface area (Å²) in [5.74, 6) is 0.0733. The van der Waals surface area contributed by atoms with Crippen molar-refractivity contribution in [3.8, 4) is 0 Å². The van der Waals surface area contributed by atoms with Gasteiger partial charge in [0.25, 0.3) is 0 Å². The summed E-state index contributed by atoms with van der Waals surface area (Å²) < 4.78 is 5.00. The Morgan fingerprint density at radius 3 is 2.57 bits per heavy atom. The van der Waals surface area contributed by atoms with Crippen LogP contribution < -0.4 is 0 Å². The Balaban J connectivity index is 0.00000169. The van der Waals surface area contributed by atoms with E-state index < -0.39 is 0 Å². The maximum atomic E-state index is 7.49. The molecule has 0 amide bonds. The van der Waals surface area contributed by atoms with Crippen molar-refractivity contribution < 1.29 is 4.74 Å². The zero-order chi connectivity index (χ0) is 9.84. The van der Waals surface area contributed by atoms with Gasteiger partial charge in [-0.15, -0.1) is 12.4 Å². The summed E-state index contributed by atoms with van der Waals surface area (Å²) >= 11 is 11.6. The number of halogens is 3. The predicted molar refractivity (Wildman–Crippen MR) is 62.2 cm³/mol. The smallest absolute Gasteiger partial charge is 0.214 e. The normalized spacial score (nSPS) is 9.07. The third-order valence-corrected chi connectivity index (χ3v) is 2.01. The first-order chi connectivity index (χ1) is 6.15. The largest absolute Gasteiger partial charge is 0.478 e. The van der Waals surface area contributed by atoms with Gasteiger partial charge in [0.15, 0.2) is 0 Å². The van der Waals surface area contributed by atoms with Crippen molar-refractivity contribution in [2.75, 3.05) is 6.61 Å². The number of rotatable bonds is 2. The van der Waals surface area contributed by atoms with Crippen LogP contribution in [0.25, 0.3) is 0 Å². The molecule has 0 spiro atoms. The summed E-state index contributed by atoms with van der Waals surface area (Å²) in [6.45, 7) is 2.27. The van der Waals surface area contributed by atoms with Gasteiger partial charge in [0.1, 0.15) is 0 Å². The first-order valence-corrected chi connectivity index (χ1v) is 4.57. The standard InChI is InChI=1S/C9H9Cl2NO.ClH/c1-2-13-9(12)7-4-3-6(10)5-8(7)11;/h3-5,12H,2H2,1H3;1H. The Bertz CT molecular complexity index is 328. The molecule has 0 aliphatic carbocycles. The van der Waals surface area contributed by atoms with Crippen LogP contribution in [-0.2, 0) is 4.74 Å². The highest BCUT2D eigenvalue weighted by Crippen LogP contribution is 2.21. The molecule has 1 aromatic rings. The Hall–Kier alpha value is -0.440. The Kier molecular flexibility index (Phi) is 5.93. The van der Waals surface area contributed by atoms with Gasteiger partial charge in [-0.3, -0.25) is 5.41 Å². The summed E-state index contributed by atoms with van der Waals surface area (Å²) in [5.41, 5.74) is 0.563. The average molecular weight is 255 g/mol. The fourth-order valence-electron chi connectivity index (χ4n) is 0.896. The van der Waals surface area contributed by atoms with Crippen LogP contribution in [-0.4, -0.2) is 12.5 Å². The molecule has 0 saturated heterocycles. The summed E-state index contributed by atoms with van der Waals surface area (Å²) in [5, 5.41) is 8.48. The zero-order valence-corrected chi connectivity index (χ0v) is 9.84. The molecule has 0 radical (unpaired) electrons. The van der Waals surface area contributed by atoms with E-state index in [4.69, 9.17) is 33.3 Å². The first kappa shape index (κ1) is 13.6. The number of nitrogens with one attached hydrogen (secondary N) is 1. The second-order valence-corrected chi connectivity index (χ2v) is 3.23. The molecule has 0 unspecified atom stereocenters. The van der Waals surface area contributed by atoms with E-state index in [0.29, 0.717) is 22.2 Å². The molecule has 1 aromatic carbocycles. The fourth-order valence-corrected chi connectivity index (χ4v) is 1.39. The lowest BCUT2D eigenvalue weighted by molar-refractivity contribution is 0.325. The van der Waals surface area contributed by atoms with Crippen LogP contribution in [0.5, 0.6) is 0 Å². The van der Waals surface area contributed by atoms with Crippen molar-refractivity contribution in [2.24, 2.45) is 0 Å². The molecule has 2 nitrogen and oxygen atoms in total. The molecule has 0 fully saturated rings. The molecule has 0 bridgehead atoms. The molecule has 0 aliphatic heterocycles. The van der Waals surface area contributed by atoms with Gasteiger partial charge in [-0.25, -0.2) is 0 Å². The highest BCUT2D eigenvalue weighted by molar-refractivity contribution is 6.36. The molecule has 14 heavy (non-hydrogen) atoms. The highest BCUT2D eigenvalue weighted by atomic mass is 35.5. The van der Waals surface area contributed by atoms with Crippen molar-refractivity contribution in [3.05, 3.63) is 33.8 Å². The van der Waals surface area contributed by atoms with E-state index in [1.54, 1.807) is 18.2 Å². The molecule has 1 rings (SSSR count). The zero-order valence-electron chi connectivity index (χ0n) is 7.51. The van der Waals surface area contributed by atoms with Gasteiger partial charge in [-0.05, 0) is 25.1 Å². The Morgan fingerprint density at radius 2 is 2.07 bits per heavy atom. The van der Waals surface area contributed by atoms with Crippen molar-refractivity contribution in [2.45, 2.75) is 6.92 Å². The number of benzene rings is 1. The van der Waals surface area contributed by atoms with Crippen molar-refractivity contribution in [1.82, 2.24) is 0 Å². The highest BCUT2D eigenvalue weighted by Gasteiger charge is 2.07. The van der Waals surface area contributed by atoms with Crippen molar-refractivity contribution in [1.29, 1.82) is 5.41 Å². The minimum absolute atomic E-state index is 0. The summed E-state index contributed by atoms with van der Waals surface area (Å²) in [6.07, 6.45) is 0. The molecule has 78 valence electrons. The lowest BCUT2D eigenvalue weighted by Gasteiger charge is -2.06. The van der Waals surface area contributed by atoms with Crippen LogP contribution in [0.15, 0.2) is 18.2 Å². The molecular weight excluding hydrogens is 244 g/mol. The topological polar surface area (TPSA) is 33.1 Å². The van der Waals surface area contributed by atoms with Crippen LogP contribution in [0.4, 0.5) is 0 Å². The van der Waals surface area contributed by atoms with E-state index in [1.807, 2.05) is 6.92 Å². The van der Waals surface area contributed by atoms with Crippen LogP contribution in [0, 0.1) is 5.41 Å². The predicted octanol–water partition coefficient (Wildman–Crippen LogP) is 3.78. The fraction of sp³-hybridized carbons (Fsp3) is 0.222. The van der Waals surface area contributed by atoms with Crippen LogP contribution in [0.2, 0.25) is 10.0 Å². The minimum Gasteiger partial charge on any atom is -0.478 e. The lowest BCUT2D eigenvalue weighted by atomic mass is 10.2. The molecule has 1 N–H and O–H groups in total. The van der Waals surface area contributed by atoms with Crippen molar-refractivity contribution >= 4 is 41.5 Å². The van der Waals surface area contributed by atoms with E-state index in [9.17, 15) is 0 Å². The Morgan fingerprint density at radius 1 is 1.43 bits per heavy atom. The molecule has 0 aromatic heterocycles. The van der Waals surface area contributed by atoms with Crippen molar-refractivity contribution in [3.63, 3.8) is 0 Å². The summed E-state index contributed by atoms with van der Waals surface area (Å²) in [4.78, 5) is 0. The maximum absolute atomic E-state index is 7.49. The monoisotopic (exact) mass is 253 g/mol. The lowest BCUT2D eigenvalue weighted by Crippen LogP contribution is -2.05. The molecule has 0 heterocycles. The summed E-state index contributed by atoms with van der Waals surface area (Å²) in [6, 6.07) is 4.94. The van der Waals surface area contributed by atoms with E-state index in [-0.39, 0.29) is 18.3 Å². The van der Waals surface area contributed by atoms with E-state index in [2.05, 4.69) is 0 Å². The van der Waals surface area contributed by atoms with E-state index in [0.717, 1.165) is 0 Å². The average Bonchev–Trinajstić information content (AvgIpc) is 2.04. The number of hydrogen-bond acceptors (Lipinski definition) is 2. The quantitative estimate of drug-likeness (QED) is 0.632. The SMILES string of the molecule is CCOC(=N)c1ccc(Cl)cc1Cl.Cl. The second kappa shape index (κ2) is 6.12. The van der Waals surface area contributed by atoms with Gasteiger partial charge in [0.05, 0.1) is 17.2 Å². The van der Waals surface area contributed by atoms with Gasteiger partial charge >= 0.3 is 0 Å². The number of hydrogen-bond donors (Lipinski definition) is 1. The third kappa shape index (κ3) is 3.37. The second-order valence-electron chi connectivity index (χ2n) is 2.39. The van der Waals surface area contributed by atoms with Gasteiger partial charge in [0, 0.05) is 5.02 Å². The maximum Gasteiger partial charge on any atom is 0.214 e. The van der Waals surface area contributed by atoms with Gasteiger partial charge < -0.3 is 4.74 Å².